The van der Waals surface area contributed by atoms with Crippen molar-refractivity contribution in [1.29, 1.82) is 0 Å². The Morgan fingerprint density at radius 1 is 1.04 bits per heavy atom. The van der Waals surface area contributed by atoms with E-state index in [0.717, 1.165) is 44.9 Å². The smallest absolute Gasteiger partial charge is 0.407 e. The summed E-state index contributed by atoms with van der Waals surface area (Å²) in [6.07, 6.45) is 8.86. The fraction of sp³-hybridized carbons (Fsp3) is 0.952. The van der Waals surface area contributed by atoms with Gasteiger partial charge in [-0.05, 0) is 46.0 Å². The summed E-state index contributed by atoms with van der Waals surface area (Å²) in [5, 5.41) is 13.2. The number of ether oxygens (including phenoxy) is 1. The van der Waals surface area contributed by atoms with E-state index in [1.54, 1.807) is 20.8 Å². The monoisotopic (exact) mass is 417 g/mol. The molecule has 1 amide bonds. The molecule has 0 heterocycles. The topological polar surface area (TPSA) is 92.7 Å². The van der Waals surface area contributed by atoms with E-state index in [4.69, 9.17) is 4.74 Å². The molecular formula is C21H39NO5S. The number of aliphatic hydroxyl groups is 1. The van der Waals surface area contributed by atoms with Crippen molar-refractivity contribution in [3.05, 3.63) is 0 Å². The van der Waals surface area contributed by atoms with E-state index in [0.29, 0.717) is 25.2 Å². The SMILES string of the molecule is CC(C)(C)OC(=O)NC(CC1CCCCC1)C(O)CS(=O)(=O)C1CCCCC1. The molecule has 0 saturated heterocycles. The Kier molecular flexibility index (Phi) is 8.61. The Labute approximate surface area is 170 Å². The maximum atomic E-state index is 12.8. The van der Waals surface area contributed by atoms with Crippen LogP contribution in [0.4, 0.5) is 4.79 Å². The lowest BCUT2D eigenvalue weighted by Crippen LogP contribution is -2.49. The van der Waals surface area contributed by atoms with Crippen LogP contribution in [0.2, 0.25) is 0 Å². The Balaban J connectivity index is 2.03. The molecule has 2 atom stereocenters. The molecule has 0 bridgehead atoms. The minimum absolute atomic E-state index is 0.287. The van der Waals surface area contributed by atoms with Gasteiger partial charge < -0.3 is 15.2 Å². The van der Waals surface area contributed by atoms with Crippen molar-refractivity contribution in [3.63, 3.8) is 0 Å². The van der Waals surface area contributed by atoms with Gasteiger partial charge in [-0.15, -0.1) is 0 Å². The largest absolute Gasteiger partial charge is 0.444 e. The molecule has 2 rings (SSSR count). The van der Waals surface area contributed by atoms with Gasteiger partial charge in [0.15, 0.2) is 9.84 Å². The Morgan fingerprint density at radius 2 is 1.57 bits per heavy atom. The first-order valence-electron chi connectivity index (χ1n) is 11.0. The molecule has 0 radical (unpaired) electrons. The molecule has 0 aromatic heterocycles. The summed E-state index contributed by atoms with van der Waals surface area (Å²) in [6, 6.07) is -0.601. The predicted molar refractivity (Wildman–Crippen MR) is 111 cm³/mol. The number of nitrogens with one attached hydrogen (secondary N) is 1. The summed E-state index contributed by atoms with van der Waals surface area (Å²) in [5.41, 5.74) is -0.640. The van der Waals surface area contributed by atoms with Gasteiger partial charge >= 0.3 is 6.09 Å². The molecule has 2 saturated carbocycles. The highest BCUT2D eigenvalue weighted by Gasteiger charge is 2.34. The summed E-state index contributed by atoms with van der Waals surface area (Å²) in [4.78, 5) is 12.3. The zero-order valence-electron chi connectivity index (χ0n) is 17.8. The number of carbonyl (C=O) groups is 1. The number of carbonyl (C=O) groups excluding carboxylic acids is 1. The molecule has 28 heavy (non-hydrogen) atoms. The Bertz CT molecular complexity index is 586. The third-order valence-corrected chi connectivity index (χ3v) is 8.24. The van der Waals surface area contributed by atoms with Crippen molar-refractivity contribution >= 4 is 15.9 Å². The number of aliphatic hydroxyl groups excluding tert-OH is 1. The van der Waals surface area contributed by atoms with Gasteiger partial charge in [0.05, 0.1) is 23.1 Å². The van der Waals surface area contributed by atoms with E-state index in [-0.39, 0.29) is 11.0 Å². The molecule has 2 aliphatic rings. The quantitative estimate of drug-likeness (QED) is 0.654. The van der Waals surface area contributed by atoms with E-state index >= 15 is 0 Å². The van der Waals surface area contributed by atoms with E-state index in [1.165, 1.54) is 6.42 Å². The van der Waals surface area contributed by atoms with Crippen LogP contribution >= 0.6 is 0 Å². The first-order valence-corrected chi connectivity index (χ1v) is 12.7. The van der Waals surface area contributed by atoms with Crippen LogP contribution < -0.4 is 5.32 Å². The first kappa shape index (κ1) is 23.5. The van der Waals surface area contributed by atoms with Crippen molar-refractivity contribution < 1.29 is 23.1 Å². The first-order chi connectivity index (χ1) is 13.1. The third kappa shape index (κ3) is 7.90. The van der Waals surface area contributed by atoms with Crippen LogP contribution in [0.15, 0.2) is 0 Å². The number of sulfone groups is 1. The Morgan fingerprint density at radius 3 is 2.11 bits per heavy atom. The van der Waals surface area contributed by atoms with Crippen molar-refractivity contribution in [2.24, 2.45) is 5.92 Å². The summed E-state index contributed by atoms with van der Waals surface area (Å²) in [7, 11) is -3.38. The van der Waals surface area contributed by atoms with Crippen molar-refractivity contribution in [1.82, 2.24) is 5.32 Å². The highest BCUT2D eigenvalue weighted by atomic mass is 32.2. The van der Waals surface area contributed by atoms with Gasteiger partial charge in [0.2, 0.25) is 0 Å². The second-order valence-corrected chi connectivity index (χ2v) is 12.0. The fourth-order valence-electron chi connectivity index (χ4n) is 4.47. The van der Waals surface area contributed by atoms with Gasteiger partial charge in [0.25, 0.3) is 0 Å². The van der Waals surface area contributed by atoms with Gasteiger partial charge in [-0.25, -0.2) is 13.2 Å². The van der Waals surface area contributed by atoms with Gasteiger partial charge in [0, 0.05) is 0 Å². The molecule has 0 spiro atoms. The molecule has 0 aromatic carbocycles. The molecule has 2 fully saturated rings. The lowest BCUT2D eigenvalue weighted by Gasteiger charge is -2.32. The van der Waals surface area contributed by atoms with Gasteiger partial charge in [-0.2, -0.15) is 0 Å². The van der Waals surface area contributed by atoms with E-state index in [1.807, 2.05) is 0 Å². The van der Waals surface area contributed by atoms with Crippen LogP contribution in [0.3, 0.4) is 0 Å². The lowest BCUT2D eigenvalue weighted by atomic mass is 9.84. The summed E-state index contributed by atoms with van der Waals surface area (Å²) < 4.78 is 30.9. The molecule has 2 N–H and O–H groups in total. The predicted octanol–water partition coefficient (Wildman–Crippen LogP) is 3.96. The molecule has 164 valence electrons. The normalized spacial score (nSPS) is 22.4. The van der Waals surface area contributed by atoms with E-state index < -0.39 is 33.7 Å². The average Bonchev–Trinajstić information content (AvgIpc) is 2.61. The van der Waals surface area contributed by atoms with E-state index in [2.05, 4.69) is 5.32 Å². The molecule has 2 unspecified atom stereocenters. The highest BCUT2D eigenvalue weighted by molar-refractivity contribution is 7.92. The molecule has 2 aliphatic carbocycles. The summed E-state index contributed by atoms with van der Waals surface area (Å²) in [5.74, 6) is 0.117. The van der Waals surface area contributed by atoms with Crippen LogP contribution in [-0.2, 0) is 14.6 Å². The molecule has 6 nitrogen and oxygen atoms in total. The standard InChI is InChI=1S/C21H39NO5S/c1-21(2,3)27-20(24)22-18(14-16-10-6-4-7-11-16)19(23)15-28(25,26)17-12-8-5-9-13-17/h16-19,23H,4-15H2,1-3H3,(H,22,24). The molecule has 0 aliphatic heterocycles. The van der Waals surface area contributed by atoms with Crippen molar-refractivity contribution in [3.8, 4) is 0 Å². The maximum absolute atomic E-state index is 12.8. The second kappa shape index (κ2) is 10.3. The number of rotatable bonds is 7. The minimum atomic E-state index is -3.38. The number of amides is 1. The van der Waals surface area contributed by atoms with Crippen molar-refractivity contribution in [2.75, 3.05) is 5.75 Å². The van der Waals surface area contributed by atoms with Crippen LogP contribution in [0.5, 0.6) is 0 Å². The molecule has 7 heteroatoms. The number of hydrogen-bond donors (Lipinski definition) is 2. The highest BCUT2D eigenvalue weighted by Crippen LogP contribution is 2.29. The van der Waals surface area contributed by atoms with Crippen LogP contribution in [-0.4, -0.2) is 48.4 Å². The third-order valence-electron chi connectivity index (χ3n) is 5.94. The zero-order chi connectivity index (χ0) is 20.8. The zero-order valence-corrected chi connectivity index (χ0v) is 18.6. The molecular weight excluding hydrogens is 378 g/mol. The van der Waals surface area contributed by atoms with Crippen molar-refractivity contribution in [2.45, 2.75) is 114 Å². The summed E-state index contributed by atoms with van der Waals surface area (Å²) >= 11 is 0. The molecule has 0 aromatic rings. The fourth-order valence-corrected chi connectivity index (χ4v) is 6.50. The minimum Gasteiger partial charge on any atom is -0.444 e. The maximum Gasteiger partial charge on any atom is 0.407 e. The number of alkyl carbamates (subject to hydrolysis) is 1. The van der Waals surface area contributed by atoms with Crippen LogP contribution in [0.25, 0.3) is 0 Å². The van der Waals surface area contributed by atoms with Gasteiger partial charge in [0.1, 0.15) is 5.60 Å². The average molecular weight is 418 g/mol. The number of hydrogen-bond acceptors (Lipinski definition) is 5. The Hall–Kier alpha value is -0.820. The van der Waals surface area contributed by atoms with Gasteiger partial charge in [-0.3, -0.25) is 0 Å². The van der Waals surface area contributed by atoms with Crippen LogP contribution in [0.1, 0.15) is 91.4 Å². The lowest BCUT2D eigenvalue weighted by molar-refractivity contribution is 0.0414. The van der Waals surface area contributed by atoms with Gasteiger partial charge in [-0.1, -0.05) is 51.4 Å². The van der Waals surface area contributed by atoms with Crippen LogP contribution in [0, 0.1) is 5.92 Å². The second-order valence-electron chi connectivity index (χ2n) is 9.65. The summed E-state index contributed by atoms with van der Waals surface area (Å²) in [6.45, 7) is 5.35. The van der Waals surface area contributed by atoms with E-state index in [9.17, 15) is 18.3 Å².